The number of amides is 1. The maximum Gasteiger partial charge on any atom is 0.280 e. The molecule has 0 saturated carbocycles. The highest BCUT2D eigenvalue weighted by atomic mass is 16.5. The van der Waals surface area contributed by atoms with Crippen molar-refractivity contribution in [2.75, 3.05) is 11.9 Å². The summed E-state index contributed by atoms with van der Waals surface area (Å²) in [6.07, 6.45) is 5.81. The zero-order valence-corrected chi connectivity index (χ0v) is 16.5. The first kappa shape index (κ1) is 21.0. The number of unbranched alkanes of at least 4 members (excludes halogenated alkanes) is 3. The maximum absolute atomic E-state index is 12.8. The van der Waals surface area contributed by atoms with Crippen molar-refractivity contribution in [3.63, 3.8) is 0 Å². The second-order valence-corrected chi connectivity index (χ2v) is 6.73. The fourth-order valence-electron chi connectivity index (χ4n) is 2.84. The Morgan fingerprint density at radius 2 is 1.63 bits per heavy atom. The summed E-state index contributed by atoms with van der Waals surface area (Å²) in [7, 11) is 0. The molecule has 0 fully saturated rings. The number of para-hydroxylation sites is 2. The molecule has 27 heavy (non-hydrogen) atoms. The minimum atomic E-state index is -0.718. The summed E-state index contributed by atoms with van der Waals surface area (Å²) in [6.45, 7) is 5.07. The van der Waals surface area contributed by atoms with Crippen LogP contribution in [0.5, 0.6) is 5.75 Å². The summed E-state index contributed by atoms with van der Waals surface area (Å²) < 4.78 is 6.13. The topological polar surface area (TPSA) is 50.4 Å². The highest BCUT2D eigenvalue weighted by molar-refractivity contribution is 5.94. The van der Waals surface area contributed by atoms with Crippen molar-refractivity contribution in [1.29, 1.82) is 0 Å². The van der Waals surface area contributed by atoms with Crippen LogP contribution in [0.3, 0.4) is 0 Å². The Balaban J connectivity index is 2.08. The van der Waals surface area contributed by atoms with E-state index >= 15 is 0 Å². The number of benzene rings is 2. The molecular formula is C23H32N2O2. The standard InChI is InChI=1S/C23H32N2O2/c1-3-5-8-13-19-14-11-12-17-21(19)27-23(24-18-6-4-2)22(26)25-20-15-9-7-10-16-20/h7,9-12,14-17,23-24H,3-6,8,13,18H2,1-2H3,(H,25,26). The normalized spacial score (nSPS) is 11.8. The zero-order valence-electron chi connectivity index (χ0n) is 16.5. The predicted molar refractivity (Wildman–Crippen MR) is 112 cm³/mol. The molecule has 4 heteroatoms. The quantitative estimate of drug-likeness (QED) is 0.402. The lowest BCUT2D eigenvalue weighted by Gasteiger charge is -2.21. The minimum absolute atomic E-state index is 0.180. The molecule has 0 aliphatic heterocycles. The summed E-state index contributed by atoms with van der Waals surface area (Å²) in [5.74, 6) is 0.603. The Morgan fingerprint density at radius 3 is 2.37 bits per heavy atom. The number of nitrogens with one attached hydrogen (secondary N) is 2. The Hall–Kier alpha value is -2.33. The van der Waals surface area contributed by atoms with Crippen LogP contribution in [0.25, 0.3) is 0 Å². The average Bonchev–Trinajstić information content (AvgIpc) is 2.69. The first-order valence-corrected chi connectivity index (χ1v) is 10.1. The van der Waals surface area contributed by atoms with Crippen LogP contribution in [0.2, 0.25) is 0 Å². The molecule has 0 saturated heterocycles. The molecule has 2 rings (SSSR count). The fourth-order valence-corrected chi connectivity index (χ4v) is 2.84. The zero-order chi connectivity index (χ0) is 19.3. The van der Waals surface area contributed by atoms with Gasteiger partial charge in [-0.05, 0) is 49.6 Å². The largest absolute Gasteiger partial charge is 0.466 e. The van der Waals surface area contributed by atoms with Crippen molar-refractivity contribution < 1.29 is 9.53 Å². The molecule has 0 aromatic heterocycles. The third-order valence-electron chi connectivity index (χ3n) is 4.41. The highest BCUT2D eigenvalue weighted by Crippen LogP contribution is 2.22. The number of anilines is 1. The monoisotopic (exact) mass is 368 g/mol. The summed E-state index contributed by atoms with van der Waals surface area (Å²) in [5, 5.41) is 6.18. The SMILES string of the molecule is CCCCCc1ccccc1OC(NCCCC)C(=O)Nc1ccccc1. The minimum Gasteiger partial charge on any atom is -0.466 e. The molecule has 4 nitrogen and oxygen atoms in total. The molecule has 2 N–H and O–H groups in total. The number of carbonyl (C=O) groups is 1. The molecule has 1 unspecified atom stereocenters. The van der Waals surface area contributed by atoms with Crippen molar-refractivity contribution in [1.82, 2.24) is 5.32 Å². The van der Waals surface area contributed by atoms with Crippen molar-refractivity contribution in [3.8, 4) is 5.75 Å². The molecule has 0 bridgehead atoms. The van der Waals surface area contributed by atoms with Gasteiger partial charge in [-0.2, -0.15) is 0 Å². The fraction of sp³-hybridized carbons (Fsp3) is 0.435. The second-order valence-electron chi connectivity index (χ2n) is 6.73. The van der Waals surface area contributed by atoms with Gasteiger partial charge in [0.25, 0.3) is 5.91 Å². The van der Waals surface area contributed by atoms with Gasteiger partial charge in [0.15, 0.2) is 0 Å². The van der Waals surface area contributed by atoms with Crippen molar-refractivity contribution in [2.45, 2.75) is 58.6 Å². The second kappa shape index (κ2) is 12.1. The van der Waals surface area contributed by atoms with Crippen molar-refractivity contribution in [3.05, 3.63) is 60.2 Å². The van der Waals surface area contributed by atoms with E-state index in [0.717, 1.165) is 49.2 Å². The van der Waals surface area contributed by atoms with Crippen LogP contribution in [0, 0.1) is 0 Å². The average molecular weight is 369 g/mol. The number of hydrogen-bond acceptors (Lipinski definition) is 3. The summed E-state index contributed by atoms with van der Waals surface area (Å²) in [6, 6.07) is 17.5. The Bertz CT molecular complexity index is 673. The van der Waals surface area contributed by atoms with Gasteiger partial charge in [-0.1, -0.05) is 69.5 Å². The van der Waals surface area contributed by atoms with Crippen LogP contribution >= 0.6 is 0 Å². The molecule has 0 spiro atoms. The molecule has 0 aliphatic rings. The van der Waals surface area contributed by atoms with Gasteiger partial charge in [-0.15, -0.1) is 0 Å². The van der Waals surface area contributed by atoms with Crippen LogP contribution in [-0.4, -0.2) is 18.7 Å². The van der Waals surface area contributed by atoms with E-state index in [1.807, 2.05) is 48.5 Å². The molecular weight excluding hydrogens is 336 g/mol. The van der Waals surface area contributed by atoms with Crippen LogP contribution in [0.15, 0.2) is 54.6 Å². The van der Waals surface area contributed by atoms with Crippen LogP contribution < -0.4 is 15.4 Å². The molecule has 1 amide bonds. The molecule has 1 atom stereocenters. The van der Waals surface area contributed by atoms with Gasteiger partial charge in [0, 0.05) is 5.69 Å². The van der Waals surface area contributed by atoms with E-state index in [2.05, 4.69) is 30.5 Å². The highest BCUT2D eigenvalue weighted by Gasteiger charge is 2.21. The van der Waals surface area contributed by atoms with E-state index in [1.54, 1.807) is 0 Å². The van der Waals surface area contributed by atoms with Gasteiger partial charge < -0.3 is 10.1 Å². The lowest BCUT2D eigenvalue weighted by Crippen LogP contribution is -2.45. The smallest absolute Gasteiger partial charge is 0.280 e. The van der Waals surface area contributed by atoms with Crippen molar-refractivity contribution >= 4 is 11.6 Å². The van der Waals surface area contributed by atoms with E-state index in [4.69, 9.17) is 4.74 Å². The van der Waals surface area contributed by atoms with E-state index in [1.165, 1.54) is 12.8 Å². The van der Waals surface area contributed by atoms with Gasteiger partial charge in [0.1, 0.15) is 5.75 Å². The van der Waals surface area contributed by atoms with Gasteiger partial charge in [-0.3, -0.25) is 10.1 Å². The summed E-state index contributed by atoms with van der Waals surface area (Å²) in [5.41, 5.74) is 1.92. The van der Waals surface area contributed by atoms with E-state index in [-0.39, 0.29) is 5.91 Å². The Kier molecular flexibility index (Phi) is 9.42. The van der Waals surface area contributed by atoms with E-state index < -0.39 is 6.23 Å². The van der Waals surface area contributed by atoms with Crippen LogP contribution in [0.4, 0.5) is 5.69 Å². The number of ether oxygens (including phenoxy) is 1. The van der Waals surface area contributed by atoms with E-state index in [0.29, 0.717) is 0 Å². The lowest BCUT2D eigenvalue weighted by atomic mass is 10.1. The van der Waals surface area contributed by atoms with Crippen LogP contribution in [0.1, 0.15) is 51.5 Å². The molecule has 2 aromatic carbocycles. The molecule has 2 aromatic rings. The maximum atomic E-state index is 12.8. The molecule has 0 heterocycles. The van der Waals surface area contributed by atoms with E-state index in [9.17, 15) is 4.79 Å². The first-order valence-electron chi connectivity index (χ1n) is 10.1. The third-order valence-corrected chi connectivity index (χ3v) is 4.41. The number of aryl methyl sites for hydroxylation is 1. The third kappa shape index (κ3) is 7.43. The van der Waals surface area contributed by atoms with Gasteiger partial charge in [0.2, 0.25) is 6.23 Å². The number of hydrogen-bond donors (Lipinski definition) is 2. The molecule has 0 radical (unpaired) electrons. The Labute approximate surface area is 163 Å². The lowest BCUT2D eigenvalue weighted by molar-refractivity contribution is -0.124. The van der Waals surface area contributed by atoms with Gasteiger partial charge in [-0.25, -0.2) is 0 Å². The Morgan fingerprint density at radius 1 is 0.926 bits per heavy atom. The first-order chi connectivity index (χ1) is 13.2. The molecule has 146 valence electrons. The van der Waals surface area contributed by atoms with Gasteiger partial charge >= 0.3 is 0 Å². The molecule has 0 aliphatic carbocycles. The predicted octanol–water partition coefficient (Wildman–Crippen LogP) is 5.15. The van der Waals surface area contributed by atoms with Crippen molar-refractivity contribution in [2.24, 2.45) is 0 Å². The number of carbonyl (C=O) groups excluding carboxylic acids is 1. The summed E-state index contributed by atoms with van der Waals surface area (Å²) >= 11 is 0. The summed E-state index contributed by atoms with van der Waals surface area (Å²) in [4.78, 5) is 12.8. The number of rotatable bonds is 12. The van der Waals surface area contributed by atoms with Crippen LogP contribution in [-0.2, 0) is 11.2 Å². The van der Waals surface area contributed by atoms with Gasteiger partial charge in [0.05, 0.1) is 0 Å².